The fourth-order valence-electron chi connectivity index (χ4n) is 2.33. The molecule has 0 radical (unpaired) electrons. The largest absolute Gasteiger partial charge is 0.358 e. The third kappa shape index (κ3) is 3.77. The molecule has 0 bridgehead atoms. The van der Waals surface area contributed by atoms with Gasteiger partial charge in [0, 0.05) is 11.6 Å². The van der Waals surface area contributed by atoms with Gasteiger partial charge in [-0.3, -0.25) is 4.57 Å². The summed E-state index contributed by atoms with van der Waals surface area (Å²) in [5.74, 6) is -3.13. The van der Waals surface area contributed by atoms with Gasteiger partial charge in [-0.25, -0.2) is 37.3 Å². The zero-order valence-electron chi connectivity index (χ0n) is 13.9. The third-order valence-corrected chi connectivity index (χ3v) is 4.39. The van der Waals surface area contributed by atoms with Gasteiger partial charge in [-0.1, -0.05) is 18.7 Å². The van der Waals surface area contributed by atoms with Gasteiger partial charge in [-0.05, 0) is 11.8 Å². The molecule has 0 amide bonds. The zero-order valence-corrected chi connectivity index (χ0v) is 14.7. The summed E-state index contributed by atoms with van der Waals surface area (Å²) in [6, 6.07) is 1.06. The first-order valence-corrected chi connectivity index (χ1v) is 8.66. The van der Waals surface area contributed by atoms with Gasteiger partial charge in [0.2, 0.25) is 0 Å². The Balaban J connectivity index is 2.20. The summed E-state index contributed by atoms with van der Waals surface area (Å²) in [5, 5.41) is 0.0322. The lowest BCUT2D eigenvalue weighted by Crippen LogP contribution is -2.41. The summed E-state index contributed by atoms with van der Waals surface area (Å²) >= 11 is 1.08. The summed E-state index contributed by atoms with van der Waals surface area (Å²) in [6.07, 6.45) is 3.71. The monoisotopic (exact) mass is 395 g/mol. The van der Waals surface area contributed by atoms with Crippen LogP contribution in [0.1, 0.15) is 12.5 Å². The maximum atomic E-state index is 14.0. The minimum Gasteiger partial charge on any atom is -0.267 e. The quantitative estimate of drug-likeness (QED) is 0.484. The van der Waals surface area contributed by atoms with Crippen LogP contribution in [0.3, 0.4) is 0 Å². The Labute approximate surface area is 154 Å². The number of thioether (sulfide) groups is 1. The van der Waals surface area contributed by atoms with Crippen molar-refractivity contribution in [1.29, 1.82) is 0 Å². The van der Waals surface area contributed by atoms with Crippen molar-refractivity contribution in [2.45, 2.75) is 18.6 Å². The van der Waals surface area contributed by atoms with Crippen LogP contribution in [0.25, 0.3) is 5.69 Å². The molecule has 0 unspecified atom stereocenters. The first-order valence-electron chi connectivity index (χ1n) is 7.67. The number of nitrogens with zero attached hydrogens (tertiary/aromatic N) is 5. The fraction of sp³-hybridized carbons (Fsp3) is 0.188. The molecule has 0 spiro atoms. The molecule has 0 atom stereocenters. The maximum Gasteiger partial charge on any atom is 0.358 e. The molecular weight excluding hydrogens is 383 g/mol. The smallest absolute Gasteiger partial charge is 0.267 e. The standard InChI is InChI=1S/C16H12F3N5O2S/c1-2-27-15-22-14(25)24(10-5-20-8-21-6-10)16(26)23(15)7-9-3-12(18)13(19)4-11(9)17/h3-6,8H,2,7H2,1H3. The molecule has 2 aromatic heterocycles. The van der Waals surface area contributed by atoms with Crippen LogP contribution in [-0.2, 0) is 6.54 Å². The Hall–Kier alpha value is -2.95. The predicted molar refractivity (Wildman–Crippen MR) is 91.5 cm³/mol. The van der Waals surface area contributed by atoms with Gasteiger partial charge >= 0.3 is 11.4 Å². The highest BCUT2D eigenvalue weighted by atomic mass is 32.2. The minimum atomic E-state index is -1.34. The first kappa shape index (κ1) is 18.8. The van der Waals surface area contributed by atoms with Crippen molar-refractivity contribution in [3.8, 4) is 5.69 Å². The van der Waals surface area contributed by atoms with Crippen molar-refractivity contribution in [3.05, 3.63) is 74.8 Å². The molecule has 0 aliphatic heterocycles. The lowest BCUT2D eigenvalue weighted by Gasteiger charge is -2.14. The lowest BCUT2D eigenvalue weighted by atomic mass is 10.2. The van der Waals surface area contributed by atoms with E-state index in [0.717, 1.165) is 20.9 Å². The van der Waals surface area contributed by atoms with Crippen molar-refractivity contribution in [2.75, 3.05) is 5.75 Å². The van der Waals surface area contributed by atoms with Crippen LogP contribution < -0.4 is 11.4 Å². The van der Waals surface area contributed by atoms with E-state index in [1.165, 1.54) is 18.7 Å². The van der Waals surface area contributed by atoms with E-state index < -0.39 is 35.4 Å². The molecule has 2 heterocycles. The van der Waals surface area contributed by atoms with E-state index >= 15 is 0 Å². The van der Waals surface area contributed by atoms with Crippen molar-refractivity contribution >= 4 is 11.8 Å². The Bertz CT molecular complexity index is 1100. The van der Waals surface area contributed by atoms with E-state index in [-0.39, 0.29) is 16.4 Å². The van der Waals surface area contributed by atoms with Gasteiger partial charge in [0.05, 0.1) is 24.6 Å². The fourth-order valence-corrected chi connectivity index (χ4v) is 3.03. The molecular formula is C16H12F3N5O2S. The molecule has 0 aliphatic rings. The Morgan fingerprint density at radius 1 is 1.04 bits per heavy atom. The van der Waals surface area contributed by atoms with Crippen LogP contribution in [0.4, 0.5) is 13.2 Å². The highest BCUT2D eigenvalue weighted by Gasteiger charge is 2.18. The first-order chi connectivity index (χ1) is 12.9. The van der Waals surface area contributed by atoms with E-state index in [1.54, 1.807) is 6.92 Å². The van der Waals surface area contributed by atoms with Crippen molar-refractivity contribution < 1.29 is 13.2 Å². The van der Waals surface area contributed by atoms with Gasteiger partial charge in [0.1, 0.15) is 12.1 Å². The number of benzene rings is 1. The molecule has 0 fully saturated rings. The van der Waals surface area contributed by atoms with E-state index in [4.69, 9.17) is 0 Å². The van der Waals surface area contributed by atoms with Gasteiger partial charge in [-0.15, -0.1) is 0 Å². The molecule has 3 aromatic rings. The molecule has 0 saturated carbocycles. The summed E-state index contributed by atoms with van der Waals surface area (Å²) < 4.78 is 42.4. The molecule has 27 heavy (non-hydrogen) atoms. The van der Waals surface area contributed by atoms with E-state index in [9.17, 15) is 22.8 Å². The number of hydrogen-bond acceptors (Lipinski definition) is 6. The van der Waals surface area contributed by atoms with Gasteiger partial charge < -0.3 is 0 Å². The minimum absolute atomic E-state index is 0.0322. The second-order valence-electron chi connectivity index (χ2n) is 5.27. The van der Waals surface area contributed by atoms with Crippen LogP contribution >= 0.6 is 11.8 Å². The predicted octanol–water partition coefficient (Wildman–Crippen LogP) is 1.76. The maximum absolute atomic E-state index is 14.0. The second-order valence-corrected chi connectivity index (χ2v) is 6.50. The Kier molecular flexibility index (Phi) is 5.40. The van der Waals surface area contributed by atoms with E-state index in [0.29, 0.717) is 17.9 Å². The molecule has 7 nitrogen and oxygen atoms in total. The average Bonchev–Trinajstić information content (AvgIpc) is 2.63. The summed E-state index contributed by atoms with van der Waals surface area (Å²) in [6.45, 7) is 1.33. The molecule has 140 valence electrons. The highest BCUT2D eigenvalue weighted by molar-refractivity contribution is 7.99. The van der Waals surface area contributed by atoms with Crippen molar-refractivity contribution in [2.24, 2.45) is 0 Å². The van der Waals surface area contributed by atoms with Crippen LogP contribution in [-0.4, -0.2) is 29.8 Å². The molecule has 0 N–H and O–H groups in total. The average molecular weight is 395 g/mol. The lowest BCUT2D eigenvalue weighted by molar-refractivity contribution is 0.482. The van der Waals surface area contributed by atoms with Crippen LogP contribution in [0.15, 0.2) is 45.6 Å². The van der Waals surface area contributed by atoms with E-state index in [1.807, 2.05) is 0 Å². The normalized spacial score (nSPS) is 11.0. The second kappa shape index (κ2) is 7.74. The van der Waals surface area contributed by atoms with Gasteiger partial charge in [-0.2, -0.15) is 4.98 Å². The summed E-state index contributed by atoms with van der Waals surface area (Å²) in [4.78, 5) is 36.5. The molecule has 3 rings (SSSR count). The summed E-state index contributed by atoms with van der Waals surface area (Å²) in [7, 11) is 0. The Morgan fingerprint density at radius 2 is 1.70 bits per heavy atom. The Morgan fingerprint density at radius 3 is 2.37 bits per heavy atom. The number of aromatic nitrogens is 5. The molecule has 0 aliphatic carbocycles. The number of halogens is 3. The van der Waals surface area contributed by atoms with E-state index in [2.05, 4.69) is 15.0 Å². The molecule has 0 saturated heterocycles. The molecule has 11 heteroatoms. The van der Waals surface area contributed by atoms with Crippen LogP contribution in [0.5, 0.6) is 0 Å². The topological polar surface area (TPSA) is 82.7 Å². The number of hydrogen-bond donors (Lipinski definition) is 0. The summed E-state index contributed by atoms with van der Waals surface area (Å²) in [5.41, 5.74) is -1.87. The molecule has 1 aromatic carbocycles. The third-order valence-electron chi connectivity index (χ3n) is 3.53. The highest BCUT2D eigenvalue weighted by Crippen LogP contribution is 2.18. The zero-order chi connectivity index (χ0) is 19.6. The van der Waals surface area contributed by atoms with Gasteiger partial charge in [0.25, 0.3) is 0 Å². The van der Waals surface area contributed by atoms with Crippen LogP contribution in [0, 0.1) is 17.5 Å². The van der Waals surface area contributed by atoms with Crippen LogP contribution in [0.2, 0.25) is 0 Å². The number of rotatable bonds is 5. The van der Waals surface area contributed by atoms with Gasteiger partial charge in [0.15, 0.2) is 16.8 Å². The van der Waals surface area contributed by atoms with Crippen molar-refractivity contribution in [1.82, 2.24) is 24.1 Å². The SMILES string of the molecule is CCSc1nc(=O)n(-c2cncnc2)c(=O)n1Cc1cc(F)c(F)cc1F. The van der Waals surface area contributed by atoms with Crippen molar-refractivity contribution in [3.63, 3.8) is 0 Å².